The molecule has 0 atom stereocenters. The van der Waals surface area contributed by atoms with Gasteiger partial charge in [-0.1, -0.05) is 18.2 Å². The van der Waals surface area contributed by atoms with Gasteiger partial charge in [-0.2, -0.15) is 13.2 Å². The van der Waals surface area contributed by atoms with Crippen LogP contribution in [0.4, 0.5) is 18.0 Å². The summed E-state index contributed by atoms with van der Waals surface area (Å²) in [4.78, 5) is 20.1. The number of amides is 2. The zero-order valence-electron chi connectivity index (χ0n) is 16.4. The standard InChI is InChI=1S/C21H18F3N5O2/c1-13-25-11-18(31-13)16-5-6-29-17(10-26-19(29)8-16)15-4-2-3-14(7-15)9-27-20(30)28-12-21(22,23)24/h2-8,10-11H,9,12H2,1H3,(H2,27,28,30). The number of hydrogen-bond donors (Lipinski definition) is 2. The number of imidazole rings is 1. The number of oxazole rings is 1. The van der Waals surface area contributed by atoms with Gasteiger partial charge in [0.1, 0.15) is 12.2 Å². The first-order valence-electron chi connectivity index (χ1n) is 9.36. The third kappa shape index (κ3) is 4.85. The maximum Gasteiger partial charge on any atom is 0.405 e. The van der Waals surface area contributed by atoms with Gasteiger partial charge >= 0.3 is 12.2 Å². The molecular formula is C21H18F3N5O2. The highest BCUT2D eigenvalue weighted by Gasteiger charge is 2.27. The summed E-state index contributed by atoms with van der Waals surface area (Å²) in [5.74, 6) is 1.23. The summed E-state index contributed by atoms with van der Waals surface area (Å²) in [7, 11) is 0. The maximum atomic E-state index is 12.2. The van der Waals surface area contributed by atoms with E-state index < -0.39 is 18.8 Å². The summed E-state index contributed by atoms with van der Waals surface area (Å²) >= 11 is 0. The Morgan fingerprint density at radius 3 is 2.68 bits per heavy atom. The van der Waals surface area contributed by atoms with Gasteiger partial charge in [-0.25, -0.2) is 14.8 Å². The van der Waals surface area contributed by atoms with Crippen LogP contribution in [0.1, 0.15) is 11.5 Å². The average molecular weight is 429 g/mol. The lowest BCUT2D eigenvalue weighted by molar-refractivity contribution is -0.122. The molecule has 3 aromatic heterocycles. The topological polar surface area (TPSA) is 84.5 Å². The fourth-order valence-electron chi connectivity index (χ4n) is 3.11. The second-order valence-corrected chi connectivity index (χ2v) is 6.88. The molecule has 4 aromatic rings. The molecule has 0 aliphatic rings. The van der Waals surface area contributed by atoms with E-state index in [0.29, 0.717) is 11.7 Å². The molecule has 0 radical (unpaired) electrons. The van der Waals surface area contributed by atoms with Gasteiger partial charge in [0.25, 0.3) is 0 Å². The molecule has 0 saturated heterocycles. The summed E-state index contributed by atoms with van der Waals surface area (Å²) in [6, 6.07) is 10.2. The zero-order valence-corrected chi connectivity index (χ0v) is 16.4. The van der Waals surface area contributed by atoms with E-state index in [9.17, 15) is 18.0 Å². The van der Waals surface area contributed by atoms with Crippen LogP contribution < -0.4 is 10.6 Å². The van der Waals surface area contributed by atoms with Gasteiger partial charge in [0, 0.05) is 30.8 Å². The predicted octanol–water partition coefficient (Wildman–Crippen LogP) is 4.33. The van der Waals surface area contributed by atoms with Gasteiger partial charge in [-0.05, 0) is 23.8 Å². The smallest absolute Gasteiger partial charge is 0.405 e. The highest BCUT2D eigenvalue weighted by atomic mass is 19.4. The van der Waals surface area contributed by atoms with E-state index in [2.05, 4.69) is 15.3 Å². The lowest BCUT2D eigenvalue weighted by Gasteiger charge is -2.10. The molecule has 2 N–H and O–H groups in total. The van der Waals surface area contributed by atoms with E-state index >= 15 is 0 Å². The quantitative estimate of drug-likeness (QED) is 0.495. The highest BCUT2D eigenvalue weighted by Crippen LogP contribution is 2.26. The van der Waals surface area contributed by atoms with Crippen molar-refractivity contribution in [3.63, 3.8) is 0 Å². The molecule has 0 fully saturated rings. The maximum absolute atomic E-state index is 12.2. The molecule has 4 rings (SSSR count). The zero-order chi connectivity index (χ0) is 22.0. The van der Waals surface area contributed by atoms with E-state index in [1.807, 2.05) is 40.9 Å². The van der Waals surface area contributed by atoms with Gasteiger partial charge in [-0.3, -0.25) is 4.40 Å². The van der Waals surface area contributed by atoms with Gasteiger partial charge in [0.05, 0.1) is 18.1 Å². The number of carbonyl (C=O) groups excluding carboxylic acids is 1. The van der Waals surface area contributed by atoms with Crippen LogP contribution in [0.5, 0.6) is 0 Å². The number of pyridine rings is 1. The Bertz CT molecular complexity index is 1230. The van der Waals surface area contributed by atoms with Gasteiger partial charge in [-0.15, -0.1) is 0 Å². The van der Waals surface area contributed by atoms with Gasteiger partial charge in [0.2, 0.25) is 0 Å². The van der Waals surface area contributed by atoms with Crippen molar-refractivity contribution in [1.82, 2.24) is 25.0 Å². The van der Waals surface area contributed by atoms with Crippen LogP contribution in [0.25, 0.3) is 28.2 Å². The molecular weight excluding hydrogens is 411 g/mol. The number of carbonyl (C=O) groups is 1. The summed E-state index contributed by atoms with van der Waals surface area (Å²) in [6.07, 6.45) is 0.812. The number of aromatic nitrogens is 3. The van der Waals surface area contributed by atoms with Crippen LogP contribution in [-0.2, 0) is 6.54 Å². The summed E-state index contributed by atoms with van der Waals surface area (Å²) in [5.41, 5.74) is 4.00. The van der Waals surface area contributed by atoms with Crippen molar-refractivity contribution in [2.45, 2.75) is 19.6 Å². The van der Waals surface area contributed by atoms with Gasteiger partial charge in [0.15, 0.2) is 11.7 Å². The number of benzene rings is 1. The Labute approximate surface area is 174 Å². The molecule has 0 spiro atoms. The molecule has 0 bridgehead atoms. The number of fused-ring (bicyclic) bond motifs is 1. The van der Waals surface area contributed by atoms with Crippen LogP contribution in [0.2, 0.25) is 0 Å². The van der Waals surface area contributed by atoms with E-state index in [0.717, 1.165) is 28.0 Å². The number of rotatable bonds is 5. The number of nitrogens with one attached hydrogen (secondary N) is 2. The average Bonchev–Trinajstić information content (AvgIpc) is 3.36. The summed E-state index contributed by atoms with van der Waals surface area (Å²) in [5, 5.41) is 4.20. The highest BCUT2D eigenvalue weighted by molar-refractivity contribution is 5.74. The number of nitrogens with zero attached hydrogens (tertiary/aromatic N) is 3. The monoisotopic (exact) mass is 429 g/mol. The molecule has 0 unspecified atom stereocenters. The molecule has 0 aliphatic carbocycles. The van der Waals surface area contributed by atoms with Crippen molar-refractivity contribution >= 4 is 11.7 Å². The summed E-state index contributed by atoms with van der Waals surface area (Å²) < 4.78 is 44.0. The lowest BCUT2D eigenvalue weighted by Crippen LogP contribution is -2.40. The first-order valence-corrected chi connectivity index (χ1v) is 9.36. The van der Waals surface area contributed by atoms with E-state index in [4.69, 9.17) is 4.42 Å². The van der Waals surface area contributed by atoms with E-state index in [-0.39, 0.29) is 6.54 Å². The normalized spacial score (nSPS) is 11.6. The second-order valence-electron chi connectivity index (χ2n) is 6.88. The predicted molar refractivity (Wildman–Crippen MR) is 107 cm³/mol. The number of aryl methyl sites for hydroxylation is 1. The van der Waals surface area contributed by atoms with Crippen LogP contribution in [0.3, 0.4) is 0 Å². The van der Waals surface area contributed by atoms with E-state index in [1.165, 1.54) is 0 Å². The molecule has 10 heteroatoms. The second kappa shape index (κ2) is 8.13. The molecule has 160 valence electrons. The minimum atomic E-state index is -4.45. The largest absolute Gasteiger partial charge is 0.441 e. The third-order valence-electron chi connectivity index (χ3n) is 4.54. The van der Waals surface area contributed by atoms with Crippen molar-refractivity contribution in [2.75, 3.05) is 6.54 Å². The molecule has 0 aliphatic heterocycles. The first-order chi connectivity index (χ1) is 14.8. The van der Waals surface area contributed by atoms with Crippen LogP contribution in [0, 0.1) is 6.92 Å². The lowest BCUT2D eigenvalue weighted by atomic mass is 10.1. The first kappa shape index (κ1) is 20.5. The number of hydrogen-bond acceptors (Lipinski definition) is 4. The Hall–Kier alpha value is -3.82. The molecule has 3 heterocycles. The molecule has 0 saturated carbocycles. The molecule has 1 aromatic carbocycles. The SMILES string of the molecule is Cc1ncc(-c2ccn3c(-c4cccc(CNC(=O)NCC(F)(F)F)c4)cnc3c2)o1. The third-order valence-corrected chi connectivity index (χ3v) is 4.54. The van der Waals surface area contributed by atoms with E-state index in [1.54, 1.807) is 30.7 Å². The minimum Gasteiger partial charge on any atom is -0.441 e. The Morgan fingerprint density at radius 1 is 1.10 bits per heavy atom. The van der Waals surface area contributed by atoms with Crippen molar-refractivity contribution < 1.29 is 22.4 Å². The van der Waals surface area contributed by atoms with Crippen LogP contribution >= 0.6 is 0 Å². The van der Waals surface area contributed by atoms with Crippen molar-refractivity contribution in [1.29, 1.82) is 0 Å². The van der Waals surface area contributed by atoms with Crippen molar-refractivity contribution in [3.8, 4) is 22.6 Å². The Balaban J connectivity index is 1.50. The number of alkyl halides is 3. The van der Waals surface area contributed by atoms with Crippen molar-refractivity contribution in [2.24, 2.45) is 0 Å². The Morgan fingerprint density at radius 2 is 1.94 bits per heavy atom. The number of halogens is 3. The Kier molecular flexibility index (Phi) is 5.37. The minimum absolute atomic E-state index is 0.0866. The van der Waals surface area contributed by atoms with Crippen LogP contribution in [-0.4, -0.2) is 33.1 Å². The molecule has 7 nitrogen and oxygen atoms in total. The van der Waals surface area contributed by atoms with Crippen LogP contribution in [0.15, 0.2) is 59.4 Å². The fraction of sp³-hybridized carbons (Fsp3) is 0.190. The molecule has 31 heavy (non-hydrogen) atoms. The van der Waals surface area contributed by atoms with Crippen molar-refractivity contribution in [3.05, 3.63) is 66.4 Å². The number of urea groups is 1. The summed E-state index contributed by atoms with van der Waals surface area (Å²) in [6.45, 7) is 0.483. The fourth-order valence-corrected chi connectivity index (χ4v) is 3.11. The molecule has 2 amide bonds. The van der Waals surface area contributed by atoms with Gasteiger partial charge < -0.3 is 15.1 Å².